The Morgan fingerprint density at radius 1 is 1.50 bits per heavy atom. The van der Waals surface area contributed by atoms with Gasteiger partial charge in [0.2, 0.25) is 5.88 Å². The zero-order chi connectivity index (χ0) is 15.5. The summed E-state index contributed by atoms with van der Waals surface area (Å²) in [5.41, 5.74) is -1.24. The highest BCUT2D eigenvalue weighted by atomic mass is 19.4. The number of carbonyl (C=O) groups excluding carboxylic acids is 1. The van der Waals surface area contributed by atoms with Crippen molar-refractivity contribution in [2.24, 2.45) is 0 Å². The van der Waals surface area contributed by atoms with Gasteiger partial charge in [0, 0.05) is 6.20 Å². The predicted molar refractivity (Wildman–Crippen MR) is 58.0 cm³/mol. The lowest BCUT2D eigenvalue weighted by molar-refractivity contribution is -0.386. The first-order valence-electron chi connectivity index (χ1n) is 5.11. The van der Waals surface area contributed by atoms with Crippen LogP contribution >= 0.6 is 0 Å². The molecule has 0 aromatic carbocycles. The van der Waals surface area contributed by atoms with Crippen LogP contribution in [0.15, 0.2) is 6.20 Å². The Morgan fingerprint density at radius 2 is 2.10 bits per heavy atom. The van der Waals surface area contributed by atoms with E-state index in [2.05, 4.69) is 14.5 Å². The average molecular weight is 294 g/mol. The number of pyridine rings is 1. The molecule has 0 fully saturated rings. The van der Waals surface area contributed by atoms with Gasteiger partial charge in [-0.1, -0.05) is 0 Å². The molecule has 0 aliphatic carbocycles. The number of nitro groups is 1. The minimum Gasteiger partial charge on any atom is -0.469 e. The van der Waals surface area contributed by atoms with Crippen molar-refractivity contribution in [1.29, 1.82) is 0 Å². The summed E-state index contributed by atoms with van der Waals surface area (Å²) in [5.74, 6) is -1.71. The quantitative estimate of drug-likeness (QED) is 0.478. The van der Waals surface area contributed by atoms with Gasteiger partial charge in [0.25, 0.3) is 5.69 Å². The summed E-state index contributed by atoms with van der Waals surface area (Å²) in [5, 5.41) is 10.9. The first-order chi connectivity index (χ1) is 9.15. The molecule has 1 aromatic rings. The molecule has 0 saturated heterocycles. The normalized spacial score (nSPS) is 11.1. The molecule has 0 aliphatic rings. The highest BCUT2D eigenvalue weighted by molar-refractivity contribution is 5.74. The van der Waals surface area contributed by atoms with E-state index in [1.54, 1.807) is 0 Å². The van der Waals surface area contributed by atoms with Gasteiger partial charge in [-0.2, -0.15) is 0 Å². The molecule has 10 heteroatoms. The monoisotopic (exact) mass is 294 g/mol. The lowest BCUT2D eigenvalue weighted by atomic mass is 10.1. The van der Waals surface area contributed by atoms with Crippen molar-refractivity contribution in [3.63, 3.8) is 0 Å². The molecule has 0 bridgehead atoms. The molecule has 1 rings (SSSR count). The number of aromatic nitrogens is 1. The SMILES string of the molecule is COC(=O)Cc1cnc(OC(F)(F)F)c(C)c1[N+](=O)[O-]. The van der Waals surface area contributed by atoms with Gasteiger partial charge in [0.1, 0.15) is 0 Å². The third-order valence-electron chi connectivity index (χ3n) is 2.28. The lowest BCUT2D eigenvalue weighted by Crippen LogP contribution is -2.19. The second-order valence-corrected chi connectivity index (χ2v) is 3.62. The minimum absolute atomic E-state index is 0.158. The van der Waals surface area contributed by atoms with Crippen LogP contribution in [-0.2, 0) is 16.0 Å². The molecular weight excluding hydrogens is 285 g/mol. The number of ether oxygens (including phenoxy) is 2. The van der Waals surface area contributed by atoms with E-state index in [4.69, 9.17) is 0 Å². The maximum Gasteiger partial charge on any atom is 0.574 e. The first-order valence-corrected chi connectivity index (χ1v) is 5.11. The molecule has 0 spiro atoms. The van der Waals surface area contributed by atoms with Gasteiger partial charge in [0.05, 0.1) is 29.6 Å². The Labute approximate surface area is 110 Å². The molecule has 0 unspecified atom stereocenters. The van der Waals surface area contributed by atoms with Crippen molar-refractivity contribution in [2.45, 2.75) is 19.7 Å². The van der Waals surface area contributed by atoms with E-state index < -0.39 is 40.8 Å². The van der Waals surface area contributed by atoms with Crippen LogP contribution in [0.3, 0.4) is 0 Å². The van der Waals surface area contributed by atoms with Crippen molar-refractivity contribution in [2.75, 3.05) is 7.11 Å². The first kappa shape index (κ1) is 15.7. The van der Waals surface area contributed by atoms with Gasteiger partial charge < -0.3 is 9.47 Å². The van der Waals surface area contributed by atoms with Crippen molar-refractivity contribution in [3.8, 4) is 5.88 Å². The summed E-state index contributed by atoms with van der Waals surface area (Å²) in [4.78, 5) is 24.5. The van der Waals surface area contributed by atoms with E-state index in [0.717, 1.165) is 20.2 Å². The molecular formula is C10H9F3N2O5. The number of esters is 1. The average Bonchev–Trinajstić information content (AvgIpc) is 2.30. The fraction of sp³-hybridized carbons (Fsp3) is 0.400. The highest BCUT2D eigenvalue weighted by Crippen LogP contribution is 2.32. The van der Waals surface area contributed by atoms with Crippen LogP contribution in [0.1, 0.15) is 11.1 Å². The number of halogens is 3. The number of alkyl halides is 3. The summed E-state index contributed by atoms with van der Waals surface area (Å²) >= 11 is 0. The molecule has 0 amide bonds. The molecule has 110 valence electrons. The molecule has 0 N–H and O–H groups in total. The van der Waals surface area contributed by atoms with Crippen molar-refractivity contribution in [1.82, 2.24) is 4.98 Å². The van der Waals surface area contributed by atoms with Gasteiger partial charge in [0.15, 0.2) is 0 Å². The standard InChI is InChI=1S/C10H9F3N2O5/c1-5-8(15(17)18)6(3-7(16)19-2)4-14-9(5)20-10(11,12)13/h4H,3H2,1-2H3. The van der Waals surface area contributed by atoms with Gasteiger partial charge in [-0.05, 0) is 6.92 Å². The lowest BCUT2D eigenvalue weighted by Gasteiger charge is -2.11. The Morgan fingerprint density at radius 3 is 2.55 bits per heavy atom. The van der Waals surface area contributed by atoms with Crippen LogP contribution in [0.25, 0.3) is 0 Å². The Balaban J connectivity index is 3.27. The van der Waals surface area contributed by atoms with Gasteiger partial charge in [-0.25, -0.2) is 4.98 Å². The molecule has 20 heavy (non-hydrogen) atoms. The summed E-state index contributed by atoms with van der Waals surface area (Å²) in [6.45, 7) is 1.05. The molecule has 0 saturated carbocycles. The van der Waals surface area contributed by atoms with Crippen molar-refractivity contribution in [3.05, 3.63) is 27.4 Å². The van der Waals surface area contributed by atoms with E-state index in [-0.39, 0.29) is 5.56 Å². The van der Waals surface area contributed by atoms with E-state index in [1.807, 2.05) is 0 Å². The van der Waals surface area contributed by atoms with E-state index in [0.29, 0.717) is 0 Å². The van der Waals surface area contributed by atoms with Crippen LogP contribution in [0.4, 0.5) is 18.9 Å². The number of nitrogens with zero attached hydrogens (tertiary/aromatic N) is 2. The zero-order valence-corrected chi connectivity index (χ0v) is 10.4. The van der Waals surface area contributed by atoms with Crippen LogP contribution < -0.4 is 4.74 Å². The van der Waals surface area contributed by atoms with Crippen LogP contribution in [0.5, 0.6) is 5.88 Å². The molecule has 1 aromatic heterocycles. The van der Waals surface area contributed by atoms with Gasteiger partial charge >= 0.3 is 12.3 Å². The highest BCUT2D eigenvalue weighted by Gasteiger charge is 2.34. The Bertz CT molecular complexity index is 544. The third-order valence-corrected chi connectivity index (χ3v) is 2.28. The van der Waals surface area contributed by atoms with E-state index in [1.165, 1.54) is 0 Å². The smallest absolute Gasteiger partial charge is 0.469 e. The van der Waals surface area contributed by atoms with Gasteiger partial charge in [-0.3, -0.25) is 14.9 Å². The van der Waals surface area contributed by atoms with E-state index in [9.17, 15) is 28.1 Å². The summed E-state index contributed by atoms with van der Waals surface area (Å²) in [7, 11) is 1.08. The number of methoxy groups -OCH3 is 1. The second-order valence-electron chi connectivity index (χ2n) is 3.62. The number of rotatable bonds is 4. The van der Waals surface area contributed by atoms with Crippen LogP contribution in [-0.4, -0.2) is 29.3 Å². The number of hydrogen-bond donors (Lipinski definition) is 0. The molecule has 0 radical (unpaired) electrons. The number of hydrogen-bond acceptors (Lipinski definition) is 6. The van der Waals surface area contributed by atoms with Crippen molar-refractivity contribution < 1.29 is 32.4 Å². The van der Waals surface area contributed by atoms with Gasteiger partial charge in [-0.15, -0.1) is 13.2 Å². The summed E-state index contributed by atoms with van der Waals surface area (Å²) in [6.07, 6.45) is -4.72. The Kier molecular flexibility index (Phi) is 4.48. The minimum atomic E-state index is -5.02. The maximum absolute atomic E-state index is 12.1. The second kappa shape index (κ2) is 5.72. The molecule has 7 nitrogen and oxygen atoms in total. The van der Waals surface area contributed by atoms with Crippen LogP contribution in [0, 0.1) is 17.0 Å². The van der Waals surface area contributed by atoms with Crippen molar-refractivity contribution >= 4 is 11.7 Å². The fourth-order valence-corrected chi connectivity index (χ4v) is 1.46. The third kappa shape index (κ3) is 3.80. The Hall–Kier alpha value is -2.39. The zero-order valence-electron chi connectivity index (χ0n) is 10.4. The summed E-state index contributed by atoms with van der Waals surface area (Å²) in [6, 6.07) is 0. The fourth-order valence-electron chi connectivity index (χ4n) is 1.46. The summed E-state index contributed by atoms with van der Waals surface area (Å²) < 4.78 is 44.3. The largest absolute Gasteiger partial charge is 0.574 e. The maximum atomic E-state index is 12.1. The molecule has 0 atom stereocenters. The van der Waals surface area contributed by atoms with Crippen LogP contribution in [0.2, 0.25) is 0 Å². The topological polar surface area (TPSA) is 91.6 Å². The number of carbonyl (C=O) groups is 1. The molecule has 0 aliphatic heterocycles. The predicted octanol–water partition coefficient (Wildman–Crippen LogP) is 1.91. The van der Waals surface area contributed by atoms with E-state index >= 15 is 0 Å². The molecule has 1 heterocycles.